The highest BCUT2D eigenvalue weighted by Crippen LogP contribution is 2.28. The number of hydrogen-bond acceptors (Lipinski definition) is 3. The monoisotopic (exact) mass is 365 g/mol. The van der Waals surface area contributed by atoms with E-state index in [1.165, 1.54) is 0 Å². The third-order valence-corrected chi connectivity index (χ3v) is 4.29. The van der Waals surface area contributed by atoms with Crippen LogP contribution in [0.2, 0.25) is 10.0 Å². The molecule has 2 aromatic carbocycles. The molecule has 2 aromatic rings. The lowest BCUT2D eigenvalue weighted by atomic mass is 10.1. The maximum atomic E-state index is 12.5. The summed E-state index contributed by atoms with van der Waals surface area (Å²) in [4.78, 5) is 14.3. The van der Waals surface area contributed by atoms with Crippen molar-refractivity contribution in [1.29, 1.82) is 0 Å². The average molecular weight is 366 g/mol. The first-order chi connectivity index (χ1) is 11.6. The van der Waals surface area contributed by atoms with Gasteiger partial charge in [0.05, 0.1) is 18.2 Å². The van der Waals surface area contributed by atoms with E-state index >= 15 is 0 Å². The summed E-state index contributed by atoms with van der Waals surface area (Å²) in [5, 5.41) is 1.02. The predicted octanol–water partition coefficient (Wildman–Crippen LogP) is 4.04. The van der Waals surface area contributed by atoms with Crippen LogP contribution in [0.4, 0.5) is 0 Å². The number of ether oxygens (including phenoxy) is 2. The summed E-state index contributed by atoms with van der Waals surface area (Å²) >= 11 is 12.0. The predicted molar refractivity (Wildman–Crippen MR) is 94.0 cm³/mol. The van der Waals surface area contributed by atoms with Crippen LogP contribution >= 0.6 is 23.2 Å². The molecule has 24 heavy (non-hydrogen) atoms. The minimum absolute atomic E-state index is 0.0182. The van der Waals surface area contributed by atoms with Crippen molar-refractivity contribution in [2.75, 3.05) is 26.3 Å². The first-order valence-electron chi connectivity index (χ1n) is 7.67. The molecular weight excluding hydrogens is 349 g/mol. The van der Waals surface area contributed by atoms with E-state index in [1.807, 2.05) is 24.3 Å². The van der Waals surface area contributed by atoms with Crippen LogP contribution in [-0.4, -0.2) is 37.1 Å². The van der Waals surface area contributed by atoms with Gasteiger partial charge in [0, 0.05) is 23.7 Å². The molecule has 0 bridgehead atoms. The van der Waals surface area contributed by atoms with Crippen LogP contribution < -0.4 is 4.74 Å². The van der Waals surface area contributed by atoms with Gasteiger partial charge in [-0.05, 0) is 35.9 Å². The number of hydrogen-bond donors (Lipinski definition) is 0. The van der Waals surface area contributed by atoms with Gasteiger partial charge in [0.1, 0.15) is 12.4 Å². The van der Waals surface area contributed by atoms with E-state index in [-0.39, 0.29) is 5.91 Å². The van der Waals surface area contributed by atoms with Crippen LogP contribution in [-0.2, 0) is 11.3 Å². The van der Waals surface area contributed by atoms with Crippen LogP contribution in [0.25, 0.3) is 0 Å². The quantitative estimate of drug-likeness (QED) is 0.820. The SMILES string of the molecule is O=C(c1cccc(COc2ccc(Cl)cc2Cl)c1)N1CCOCC1. The first kappa shape index (κ1) is 17.1. The smallest absolute Gasteiger partial charge is 0.254 e. The molecule has 0 unspecified atom stereocenters. The summed E-state index contributed by atoms with van der Waals surface area (Å²) in [6.07, 6.45) is 0. The van der Waals surface area contributed by atoms with Crippen molar-refractivity contribution in [2.24, 2.45) is 0 Å². The van der Waals surface area contributed by atoms with E-state index in [9.17, 15) is 4.79 Å². The van der Waals surface area contributed by atoms with Gasteiger partial charge < -0.3 is 14.4 Å². The second-order valence-corrected chi connectivity index (χ2v) is 6.31. The molecule has 126 valence electrons. The third kappa shape index (κ3) is 4.20. The lowest BCUT2D eigenvalue weighted by Gasteiger charge is -2.27. The Balaban J connectivity index is 1.67. The van der Waals surface area contributed by atoms with Gasteiger partial charge >= 0.3 is 0 Å². The van der Waals surface area contributed by atoms with Crippen LogP contribution in [0.15, 0.2) is 42.5 Å². The maximum absolute atomic E-state index is 12.5. The standard InChI is InChI=1S/C18H17Cl2NO3/c19-15-4-5-17(16(20)11-15)24-12-13-2-1-3-14(10-13)18(22)21-6-8-23-9-7-21/h1-5,10-11H,6-9,12H2. The molecular formula is C18H17Cl2NO3. The molecule has 1 aliphatic heterocycles. The summed E-state index contributed by atoms with van der Waals surface area (Å²) in [5.41, 5.74) is 1.56. The van der Waals surface area contributed by atoms with Gasteiger partial charge in [-0.15, -0.1) is 0 Å². The van der Waals surface area contributed by atoms with Crippen LogP contribution in [0.1, 0.15) is 15.9 Å². The number of nitrogens with zero attached hydrogens (tertiary/aromatic N) is 1. The zero-order valence-corrected chi connectivity index (χ0v) is 14.5. The topological polar surface area (TPSA) is 38.8 Å². The molecule has 1 aliphatic rings. The second kappa shape index (κ2) is 7.88. The zero-order valence-electron chi connectivity index (χ0n) is 13.0. The minimum Gasteiger partial charge on any atom is -0.487 e. The van der Waals surface area contributed by atoms with E-state index in [1.54, 1.807) is 23.1 Å². The summed E-state index contributed by atoms with van der Waals surface area (Å²) in [7, 11) is 0. The van der Waals surface area contributed by atoms with Crippen molar-refractivity contribution >= 4 is 29.1 Å². The van der Waals surface area contributed by atoms with Gasteiger partial charge in [-0.2, -0.15) is 0 Å². The lowest BCUT2D eigenvalue weighted by Crippen LogP contribution is -2.40. The number of carbonyl (C=O) groups excluding carboxylic acids is 1. The Bertz CT molecular complexity index is 730. The van der Waals surface area contributed by atoms with Gasteiger partial charge in [-0.25, -0.2) is 0 Å². The fourth-order valence-corrected chi connectivity index (χ4v) is 2.96. The molecule has 1 saturated heterocycles. The fraction of sp³-hybridized carbons (Fsp3) is 0.278. The van der Waals surface area contributed by atoms with E-state index in [2.05, 4.69) is 0 Å². The summed E-state index contributed by atoms with van der Waals surface area (Å²) in [5.74, 6) is 0.579. The van der Waals surface area contributed by atoms with Gasteiger partial charge in [0.15, 0.2) is 0 Å². The molecule has 0 spiro atoms. The molecule has 0 aliphatic carbocycles. The normalized spacial score (nSPS) is 14.5. The molecule has 1 fully saturated rings. The van der Waals surface area contributed by atoms with Gasteiger partial charge in [0.25, 0.3) is 5.91 Å². The first-order valence-corrected chi connectivity index (χ1v) is 8.43. The average Bonchev–Trinajstić information content (AvgIpc) is 2.61. The van der Waals surface area contributed by atoms with Crippen LogP contribution in [0, 0.1) is 0 Å². The third-order valence-electron chi connectivity index (χ3n) is 3.76. The molecule has 0 N–H and O–H groups in total. The molecule has 3 rings (SSSR count). The lowest BCUT2D eigenvalue weighted by molar-refractivity contribution is 0.0303. The zero-order chi connectivity index (χ0) is 16.9. The number of amides is 1. The van der Waals surface area contributed by atoms with Gasteiger partial charge in [-0.3, -0.25) is 4.79 Å². The molecule has 0 radical (unpaired) electrons. The van der Waals surface area contributed by atoms with Gasteiger partial charge in [-0.1, -0.05) is 35.3 Å². The highest BCUT2D eigenvalue weighted by Gasteiger charge is 2.18. The number of rotatable bonds is 4. The Morgan fingerprint density at radius 1 is 1.12 bits per heavy atom. The van der Waals surface area contributed by atoms with Crippen molar-refractivity contribution < 1.29 is 14.3 Å². The van der Waals surface area contributed by atoms with E-state index in [0.717, 1.165) is 5.56 Å². The Morgan fingerprint density at radius 3 is 2.67 bits per heavy atom. The minimum atomic E-state index is 0.0182. The Labute approximate surface area is 150 Å². The highest BCUT2D eigenvalue weighted by atomic mass is 35.5. The molecule has 0 saturated carbocycles. The molecule has 6 heteroatoms. The van der Waals surface area contributed by atoms with Crippen molar-refractivity contribution in [3.63, 3.8) is 0 Å². The van der Waals surface area contributed by atoms with Crippen molar-refractivity contribution in [1.82, 2.24) is 4.90 Å². The highest BCUT2D eigenvalue weighted by molar-refractivity contribution is 6.35. The van der Waals surface area contributed by atoms with Crippen LogP contribution in [0.3, 0.4) is 0 Å². The van der Waals surface area contributed by atoms with Crippen molar-refractivity contribution in [3.8, 4) is 5.75 Å². The largest absolute Gasteiger partial charge is 0.487 e. The summed E-state index contributed by atoms with van der Waals surface area (Å²) < 4.78 is 11.0. The maximum Gasteiger partial charge on any atom is 0.254 e. The van der Waals surface area contributed by atoms with E-state index < -0.39 is 0 Å². The van der Waals surface area contributed by atoms with E-state index in [4.69, 9.17) is 32.7 Å². The molecule has 0 atom stereocenters. The molecule has 4 nitrogen and oxygen atoms in total. The number of benzene rings is 2. The molecule has 0 aromatic heterocycles. The van der Waals surface area contributed by atoms with Crippen molar-refractivity contribution in [2.45, 2.75) is 6.61 Å². The van der Waals surface area contributed by atoms with Crippen molar-refractivity contribution in [3.05, 3.63) is 63.6 Å². The molecule has 1 amide bonds. The van der Waals surface area contributed by atoms with E-state index in [0.29, 0.717) is 54.3 Å². The second-order valence-electron chi connectivity index (χ2n) is 5.47. The summed E-state index contributed by atoms with van der Waals surface area (Å²) in [6.45, 7) is 2.75. The fourth-order valence-electron chi connectivity index (χ4n) is 2.50. The Kier molecular flexibility index (Phi) is 5.61. The molecule has 1 heterocycles. The Morgan fingerprint density at radius 2 is 1.92 bits per heavy atom. The number of carbonyl (C=O) groups is 1. The number of halogens is 2. The van der Waals surface area contributed by atoms with Gasteiger partial charge in [0.2, 0.25) is 0 Å². The number of morpholine rings is 1. The van der Waals surface area contributed by atoms with Crippen LogP contribution in [0.5, 0.6) is 5.75 Å². The Hall–Kier alpha value is -1.75. The summed E-state index contributed by atoms with van der Waals surface area (Å²) in [6, 6.07) is 12.5.